The van der Waals surface area contributed by atoms with Crippen LogP contribution >= 0.6 is 11.8 Å². The number of carbonyl (C=O) groups excluding carboxylic acids is 1. The highest BCUT2D eigenvalue weighted by Crippen LogP contribution is 2.35. The lowest BCUT2D eigenvalue weighted by molar-refractivity contribution is -0.124. The standard InChI is InChI=1S/C11H20N2O2S/c1-8-11(10(12)14,4-6-16-8)13-7-9-3-2-5-15-9/h8-9,13H,2-7H2,1H3,(H2,12,14). The molecular formula is C11H20N2O2S. The minimum atomic E-state index is -0.517. The number of amides is 1. The van der Waals surface area contributed by atoms with Crippen LogP contribution in [0.25, 0.3) is 0 Å². The fraction of sp³-hybridized carbons (Fsp3) is 0.909. The molecule has 3 N–H and O–H groups in total. The number of primary amides is 1. The summed E-state index contributed by atoms with van der Waals surface area (Å²) in [5.74, 6) is 0.783. The van der Waals surface area contributed by atoms with Crippen molar-refractivity contribution in [3.63, 3.8) is 0 Å². The summed E-state index contributed by atoms with van der Waals surface area (Å²) in [6, 6.07) is 0. The Kier molecular flexibility index (Phi) is 3.77. The number of rotatable bonds is 4. The molecule has 2 fully saturated rings. The van der Waals surface area contributed by atoms with Crippen LogP contribution in [0.3, 0.4) is 0 Å². The van der Waals surface area contributed by atoms with Gasteiger partial charge in [0.2, 0.25) is 5.91 Å². The Bertz CT molecular complexity index is 269. The van der Waals surface area contributed by atoms with E-state index >= 15 is 0 Å². The fourth-order valence-electron chi connectivity index (χ4n) is 2.49. The second kappa shape index (κ2) is 4.94. The first-order chi connectivity index (χ1) is 7.65. The van der Waals surface area contributed by atoms with E-state index in [0.717, 1.165) is 38.2 Å². The largest absolute Gasteiger partial charge is 0.377 e. The van der Waals surface area contributed by atoms with E-state index in [2.05, 4.69) is 12.2 Å². The van der Waals surface area contributed by atoms with Gasteiger partial charge in [0.25, 0.3) is 0 Å². The highest BCUT2D eigenvalue weighted by Gasteiger charge is 2.46. The van der Waals surface area contributed by atoms with Gasteiger partial charge in [0, 0.05) is 18.4 Å². The van der Waals surface area contributed by atoms with Crippen LogP contribution < -0.4 is 11.1 Å². The number of nitrogens with one attached hydrogen (secondary N) is 1. The molecule has 0 aromatic carbocycles. The summed E-state index contributed by atoms with van der Waals surface area (Å²) in [5, 5.41) is 3.62. The number of thioether (sulfide) groups is 1. The average molecular weight is 244 g/mol. The molecule has 2 saturated heterocycles. The second-order valence-corrected chi connectivity index (χ2v) is 6.06. The maximum Gasteiger partial charge on any atom is 0.238 e. The average Bonchev–Trinajstić information content (AvgIpc) is 2.85. The van der Waals surface area contributed by atoms with Crippen molar-refractivity contribution in [1.29, 1.82) is 0 Å². The normalized spacial score (nSPS) is 39.1. The van der Waals surface area contributed by atoms with Gasteiger partial charge in [0.1, 0.15) is 5.54 Å². The lowest BCUT2D eigenvalue weighted by Crippen LogP contribution is -2.60. The Hall–Kier alpha value is -0.260. The highest BCUT2D eigenvalue weighted by molar-refractivity contribution is 8.00. The molecule has 4 nitrogen and oxygen atoms in total. The van der Waals surface area contributed by atoms with E-state index < -0.39 is 5.54 Å². The van der Waals surface area contributed by atoms with E-state index in [4.69, 9.17) is 10.5 Å². The molecule has 2 heterocycles. The summed E-state index contributed by atoms with van der Waals surface area (Å²) in [7, 11) is 0. The summed E-state index contributed by atoms with van der Waals surface area (Å²) in [4.78, 5) is 11.6. The summed E-state index contributed by atoms with van der Waals surface area (Å²) in [6.07, 6.45) is 3.30. The SMILES string of the molecule is CC1SCCC1(NCC1CCCO1)C(N)=O. The maximum atomic E-state index is 11.6. The van der Waals surface area contributed by atoms with Gasteiger partial charge in [0.05, 0.1) is 6.10 Å². The van der Waals surface area contributed by atoms with E-state index in [0.29, 0.717) is 0 Å². The Morgan fingerprint density at radius 2 is 2.50 bits per heavy atom. The van der Waals surface area contributed by atoms with Gasteiger partial charge in [-0.05, 0) is 25.0 Å². The van der Waals surface area contributed by atoms with Crippen molar-refractivity contribution in [2.45, 2.75) is 43.1 Å². The van der Waals surface area contributed by atoms with Gasteiger partial charge in [-0.1, -0.05) is 6.92 Å². The fourth-order valence-corrected chi connectivity index (χ4v) is 3.88. The molecule has 1 amide bonds. The third kappa shape index (κ3) is 2.21. The molecule has 2 aliphatic heterocycles. The summed E-state index contributed by atoms with van der Waals surface area (Å²) >= 11 is 1.81. The third-order valence-corrected chi connectivity index (χ3v) is 5.01. The zero-order chi connectivity index (χ0) is 11.6. The van der Waals surface area contributed by atoms with Gasteiger partial charge in [0.15, 0.2) is 0 Å². The van der Waals surface area contributed by atoms with Crippen LogP contribution in [0.15, 0.2) is 0 Å². The van der Waals surface area contributed by atoms with Crippen LogP contribution in [0, 0.1) is 0 Å². The summed E-state index contributed by atoms with van der Waals surface area (Å²) < 4.78 is 5.55. The molecule has 16 heavy (non-hydrogen) atoms. The summed E-state index contributed by atoms with van der Waals surface area (Å²) in [6.45, 7) is 3.67. The highest BCUT2D eigenvalue weighted by atomic mass is 32.2. The van der Waals surface area contributed by atoms with Crippen molar-refractivity contribution in [3.05, 3.63) is 0 Å². The van der Waals surface area contributed by atoms with Crippen LogP contribution in [-0.2, 0) is 9.53 Å². The summed E-state index contributed by atoms with van der Waals surface area (Å²) in [5.41, 5.74) is 5.04. The molecular weight excluding hydrogens is 224 g/mol. The third-order valence-electron chi connectivity index (χ3n) is 3.67. The minimum absolute atomic E-state index is 0.219. The first-order valence-electron chi connectivity index (χ1n) is 5.93. The number of hydrogen-bond donors (Lipinski definition) is 2. The van der Waals surface area contributed by atoms with Crippen LogP contribution in [0.4, 0.5) is 0 Å². The van der Waals surface area contributed by atoms with Crippen LogP contribution in [0.1, 0.15) is 26.2 Å². The molecule has 0 saturated carbocycles. The molecule has 0 bridgehead atoms. The quantitative estimate of drug-likeness (QED) is 0.756. The number of nitrogens with two attached hydrogens (primary N) is 1. The van der Waals surface area contributed by atoms with Gasteiger partial charge in [-0.2, -0.15) is 11.8 Å². The predicted octanol–water partition coefficient (Wildman–Crippen LogP) is 0.504. The first kappa shape index (κ1) is 12.2. The Labute approximate surface area is 101 Å². The molecule has 3 unspecified atom stereocenters. The molecule has 0 aromatic heterocycles. The predicted molar refractivity (Wildman–Crippen MR) is 65.4 cm³/mol. The Morgan fingerprint density at radius 3 is 3.00 bits per heavy atom. The molecule has 92 valence electrons. The topological polar surface area (TPSA) is 64.3 Å². The molecule has 0 radical (unpaired) electrons. The Balaban J connectivity index is 1.94. The monoisotopic (exact) mass is 244 g/mol. The minimum Gasteiger partial charge on any atom is -0.377 e. The van der Waals surface area contributed by atoms with Crippen molar-refractivity contribution in [2.24, 2.45) is 5.73 Å². The van der Waals surface area contributed by atoms with Crippen molar-refractivity contribution >= 4 is 17.7 Å². The van der Waals surface area contributed by atoms with E-state index in [1.54, 1.807) is 0 Å². The molecule has 2 aliphatic rings. The molecule has 5 heteroatoms. The van der Waals surface area contributed by atoms with E-state index in [1.165, 1.54) is 0 Å². The van der Waals surface area contributed by atoms with Crippen molar-refractivity contribution in [3.8, 4) is 0 Å². The van der Waals surface area contributed by atoms with Crippen LogP contribution in [0.5, 0.6) is 0 Å². The zero-order valence-corrected chi connectivity index (χ0v) is 10.5. The number of hydrogen-bond acceptors (Lipinski definition) is 4. The van der Waals surface area contributed by atoms with E-state index in [-0.39, 0.29) is 17.3 Å². The maximum absolute atomic E-state index is 11.6. The zero-order valence-electron chi connectivity index (χ0n) is 9.70. The van der Waals surface area contributed by atoms with Crippen LogP contribution in [-0.4, -0.2) is 41.7 Å². The lowest BCUT2D eigenvalue weighted by Gasteiger charge is -2.31. The van der Waals surface area contributed by atoms with E-state index in [9.17, 15) is 4.79 Å². The molecule has 3 atom stereocenters. The Morgan fingerprint density at radius 1 is 1.69 bits per heavy atom. The second-order valence-electron chi connectivity index (χ2n) is 4.61. The van der Waals surface area contributed by atoms with E-state index in [1.807, 2.05) is 11.8 Å². The van der Waals surface area contributed by atoms with Crippen LogP contribution in [0.2, 0.25) is 0 Å². The van der Waals surface area contributed by atoms with Gasteiger partial charge >= 0.3 is 0 Å². The molecule has 0 aliphatic carbocycles. The lowest BCUT2D eigenvalue weighted by atomic mass is 9.91. The van der Waals surface area contributed by atoms with Crippen molar-refractivity contribution in [2.75, 3.05) is 18.9 Å². The molecule has 2 rings (SSSR count). The van der Waals surface area contributed by atoms with Gasteiger partial charge < -0.3 is 10.5 Å². The molecule has 0 spiro atoms. The van der Waals surface area contributed by atoms with Gasteiger partial charge in [-0.15, -0.1) is 0 Å². The van der Waals surface area contributed by atoms with Crippen molar-refractivity contribution in [1.82, 2.24) is 5.32 Å². The first-order valence-corrected chi connectivity index (χ1v) is 6.98. The van der Waals surface area contributed by atoms with Gasteiger partial charge in [-0.3, -0.25) is 10.1 Å². The van der Waals surface area contributed by atoms with Crippen molar-refractivity contribution < 1.29 is 9.53 Å². The number of carbonyl (C=O) groups is 1. The smallest absolute Gasteiger partial charge is 0.238 e. The molecule has 0 aromatic rings. The number of ether oxygens (including phenoxy) is 1. The van der Waals surface area contributed by atoms with Gasteiger partial charge in [-0.25, -0.2) is 0 Å².